The Kier molecular flexibility index (Phi) is 3.13. The lowest BCUT2D eigenvalue weighted by Gasteiger charge is -2.06. The predicted molar refractivity (Wildman–Crippen MR) is 55.4 cm³/mol. The average Bonchev–Trinajstić information content (AvgIpc) is 2.27. The van der Waals surface area contributed by atoms with Gasteiger partial charge in [0, 0.05) is 24.4 Å². The van der Waals surface area contributed by atoms with E-state index in [9.17, 15) is 13.6 Å². The summed E-state index contributed by atoms with van der Waals surface area (Å²) >= 11 is 0. The SMILES string of the molecule is O=C(O)c1cncnc1Oc1cc(F)cc(F)c1. The molecule has 0 saturated heterocycles. The van der Waals surface area contributed by atoms with E-state index in [4.69, 9.17) is 9.84 Å². The number of nitrogens with zero attached hydrogens (tertiary/aromatic N) is 2. The summed E-state index contributed by atoms with van der Waals surface area (Å²) in [6.45, 7) is 0. The number of carboxylic acid groups (broad SMARTS) is 1. The van der Waals surface area contributed by atoms with Gasteiger partial charge in [-0.25, -0.2) is 23.5 Å². The standard InChI is InChI=1S/C11H6F2N2O3/c12-6-1-7(13)3-8(2-6)18-10-9(11(16)17)4-14-5-15-10/h1-5H,(H,16,17). The minimum atomic E-state index is -1.30. The Hall–Kier alpha value is -2.57. The van der Waals surface area contributed by atoms with Crippen LogP contribution in [0.3, 0.4) is 0 Å². The van der Waals surface area contributed by atoms with Crippen LogP contribution < -0.4 is 4.74 Å². The fourth-order valence-electron chi connectivity index (χ4n) is 1.25. The van der Waals surface area contributed by atoms with E-state index in [2.05, 4.69) is 9.97 Å². The number of ether oxygens (including phenoxy) is 1. The first-order valence-corrected chi connectivity index (χ1v) is 4.73. The van der Waals surface area contributed by atoms with Crippen molar-refractivity contribution in [3.05, 3.63) is 47.9 Å². The van der Waals surface area contributed by atoms with Crippen LogP contribution in [-0.4, -0.2) is 21.0 Å². The van der Waals surface area contributed by atoms with Crippen LogP contribution in [0.5, 0.6) is 11.6 Å². The molecule has 1 aromatic carbocycles. The molecule has 7 heteroatoms. The Morgan fingerprint density at radius 2 is 1.89 bits per heavy atom. The van der Waals surface area contributed by atoms with Crippen molar-refractivity contribution in [1.82, 2.24) is 9.97 Å². The summed E-state index contributed by atoms with van der Waals surface area (Å²) in [5, 5.41) is 8.84. The molecule has 1 N–H and O–H groups in total. The zero-order chi connectivity index (χ0) is 13.1. The first-order valence-electron chi connectivity index (χ1n) is 4.73. The van der Waals surface area contributed by atoms with Crippen LogP contribution in [-0.2, 0) is 0 Å². The third-order valence-corrected chi connectivity index (χ3v) is 1.96. The Labute approximate surface area is 99.7 Å². The number of hydrogen-bond acceptors (Lipinski definition) is 4. The molecule has 18 heavy (non-hydrogen) atoms. The van der Waals surface area contributed by atoms with Gasteiger partial charge in [-0.2, -0.15) is 0 Å². The summed E-state index contributed by atoms with van der Waals surface area (Å²) in [6, 6.07) is 2.50. The minimum absolute atomic E-state index is 0.186. The molecule has 0 fully saturated rings. The van der Waals surface area contributed by atoms with Crippen molar-refractivity contribution >= 4 is 5.97 Å². The van der Waals surface area contributed by atoms with Gasteiger partial charge >= 0.3 is 5.97 Å². The lowest BCUT2D eigenvalue weighted by Crippen LogP contribution is -2.03. The highest BCUT2D eigenvalue weighted by atomic mass is 19.1. The van der Waals surface area contributed by atoms with E-state index in [0.717, 1.165) is 24.7 Å². The molecule has 0 atom stereocenters. The molecule has 2 rings (SSSR count). The molecule has 0 radical (unpaired) electrons. The molecule has 92 valence electrons. The smallest absolute Gasteiger partial charge is 0.342 e. The number of aromatic carboxylic acids is 1. The molecule has 1 heterocycles. The maximum atomic E-state index is 12.9. The topological polar surface area (TPSA) is 72.3 Å². The summed E-state index contributed by atoms with van der Waals surface area (Å²) in [5.41, 5.74) is -0.304. The first-order chi connectivity index (χ1) is 8.56. The maximum Gasteiger partial charge on any atom is 0.342 e. The van der Waals surface area contributed by atoms with E-state index >= 15 is 0 Å². The van der Waals surface area contributed by atoms with Crippen LogP contribution in [0.1, 0.15) is 10.4 Å². The molecule has 5 nitrogen and oxygen atoms in total. The van der Waals surface area contributed by atoms with Gasteiger partial charge in [0.05, 0.1) is 0 Å². The van der Waals surface area contributed by atoms with E-state index in [1.54, 1.807) is 0 Å². The monoisotopic (exact) mass is 252 g/mol. The van der Waals surface area contributed by atoms with E-state index in [1.165, 1.54) is 0 Å². The second kappa shape index (κ2) is 4.74. The summed E-state index contributed by atoms with van der Waals surface area (Å²) < 4.78 is 30.9. The zero-order valence-electron chi connectivity index (χ0n) is 8.80. The molecule has 0 spiro atoms. The van der Waals surface area contributed by atoms with E-state index in [0.29, 0.717) is 6.07 Å². The second-order valence-corrected chi connectivity index (χ2v) is 3.25. The lowest BCUT2D eigenvalue weighted by atomic mass is 10.3. The molecule has 1 aromatic heterocycles. The van der Waals surface area contributed by atoms with Gasteiger partial charge in [0.2, 0.25) is 5.88 Å². The molecular weight excluding hydrogens is 246 g/mol. The summed E-state index contributed by atoms with van der Waals surface area (Å²) in [6.07, 6.45) is 2.09. The summed E-state index contributed by atoms with van der Waals surface area (Å²) in [7, 11) is 0. The molecule has 0 aliphatic heterocycles. The van der Waals surface area contributed by atoms with E-state index < -0.39 is 17.6 Å². The van der Waals surface area contributed by atoms with Crippen LogP contribution in [0.25, 0.3) is 0 Å². The molecular formula is C11H6F2N2O3. The van der Waals surface area contributed by atoms with Gasteiger partial charge < -0.3 is 9.84 Å². The molecule has 0 saturated carbocycles. The van der Waals surface area contributed by atoms with Gasteiger partial charge in [-0.3, -0.25) is 0 Å². The normalized spacial score (nSPS) is 10.1. The van der Waals surface area contributed by atoms with Gasteiger partial charge in [-0.1, -0.05) is 0 Å². The highest BCUT2D eigenvalue weighted by Crippen LogP contribution is 2.23. The van der Waals surface area contributed by atoms with Gasteiger partial charge in [-0.05, 0) is 0 Å². The number of rotatable bonds is 3. The third kappa shape index (κ3) is 2.57. The summed E-state index contributed by atoms with van der Waals surface area (Å²) in [5.74, 6) is -3.45. The fourth-order valence-corrected chi connectivity index (χ4v) is 1.25. The Balaban J connectivity index is 2.37. The Morgan fingerprint density at radius 1 is 1.22 bits per heavy atom. The van der Waals surface area contributed by atoms with Crippen molar-refractivity contribution in [2.45, 2.75) is 0 Å². The molecule has 0 amide bonds. The highest BCUT2D eigenvalue weighted by molar-refractivity contribution is 5.89. The van der Waals surface area contributed by atoms with Crippen molar-refractivity contribution in [2.24, 2.45) is 0 Å². The summed E-state index contributed by atoms with van der Waals surface area (Å²) in [4.78, 5) is 18.0. The second-order valence-electron chi connectivity index (χ2n) is 3.25. The van der Waals surface area contributed by atoms with Crippen LogP contribution in [0.2, 0.25) is 0 Å². The average molecular weight is 252 g/mol. The number of halogens is 2. The van der Waals surface area contributed by atoms with Crippen molar-refractivity contribution in [3.8, 4) is 11.6 Å². The van der Waals surface area contributed by atoms with Crippen LogP contribution in [0.15, 0.2) is 30.7 Å². The third-order valence-electron chi connectivity index (χ3n) is 1.96. The van der Waals surface area contributed by atoms with Gasteiger partial charge in [0.25, 0.3) is 0 Å². The lowest BCUT2D eigenvalue weighted by molar-refractivity contribution is 0.0693. The van der Waals surface area contributed by atoms with Gasteiger partial charge in [0.15, 0.2) is 0 Å². The van der Waals surface area contributed by atoms with Crippen molar-refractivity contribution < 1.29 is 23.4 Å². The number of carboxylic acids is 1. The van der Waals surface area contributed by atoms with Crippen LogP contribution in [0.4, 0.5) is 8.78 Å². The Morgan fingerprint density at radius 3 is 2.50 bits per heavy atom. The minimum Gasteiger partial charge on any atom is -0.477 e. The van der Waals surface area contributed by atoms with E-state index in [1.807, 2.05) is 0 Å². The molecule has 0 unspecified atom stereocenters. The highest BCUT2D eigenvalue weighted by Gasteiger charge is 2.14. The zero-order valence-corrected chi connectivity index (χ0v) is 8.80. The molecule has 2 aromatic rings. The quantitative estimate of drug-likeness (QED) is 0.906. The molecule has 0 aliphatic rings. The number of aromatic nitrogens is 2. The van der Waals surface area contributed by atoms with Crippen LogP contribution >= 0.6 is 0 Å². The van der Waals surface area contributed by atoms with Crippen LogP contribution in [0, 0.1) is 11.6 Å². The maximum absolute atomic E-state index is 12.9. The van der Waals surface area contributed by atoms with Crippen molar-refractivity contribution in [2.75, 3.05) is 0 Å². The van der Waals surface area contributed by atoms with Gasteiger partial charge in [0.1, 0.15) is 29.3 Å². The van der Waals surface area contributed by atoms with Crippen molar-refractivity contribution in [3.63, 3.8) is 0 Å². The van der Waals surface area contributed by atoms with Gasteiger partial charge in [-0.15, -0.1) is 0 Å². The largest absolute Gasteiger partial charge is 0.477 e. The predicted octanol–water partition coefficient (Wildman–Crippen LogP) is 2.25. The van der Waals surface area contributed by atoms with Crippen molar-refractivity contribution in [1.29, 1.82) is 0 Å². The molecule has 0 aliphatic carbocycles. The molecule has 0 bridgehead atoms. The Bertz CT molecular complexity index is 584. The first kappa shape index (κ1) is 11.9. The number of hydrogen-bond donors (Lipinski definition) is 1. The fraction of sp³-hybridized carbons (Fsp3) is 0. The number of carbonyl (C=O) groups is 1. The number of benzene rings is 1. The van der Waals surface area contributed by atoms with E-state index in [-0.39, 0.29) is 17.2 Å².